The Morgan fingerprint density at radius 3 is 2.56 bits per heavy atom. The Kier molecular flexibility index (Phi) is 5.24. The molecule has 1 aliphatic heterocycles. The maximum absolute atomic E-state index is 13.2. The molecule has 2 amide bonds. The largest absolute Gasteiger partial charge is 0.481 e. The van der Waals surface area contributed by atoms with Gasteiger partial charge in [0.1, 0.15) is 0 Å². The molecule has 9 heteroatoms. The number of hydrogen-bond acceptors (Lipinski definition) is 3. The fraction of sp³-hybridized carbons (Fsp3) is 0.750. The van der Waals surface area contributed by atoms with Crippen molar-refractivity contribution in [1.29, 1.82) is 0 Å². The monoisotopic (exact) mass is 362 g/mol. The molecular weight excluding hydrogens is 337 g/mol. The van der Waals surface area contributed by atoms with Gasteiger partial charge in [-0.1, -0.05) is 6.92 Å². The lowest BCUT2D eigenvalue weighted by atomic mass is 9.88. The highest BCUT2D eigenvalue weighted by molar-refractivity contribution is 5.75. The summed E-state index contributed by atoms with van der Waals surface area (Å²) in [6.45, 7) is 5.08. The Bertz CT molecular complexity index is 640. The minimum Gasteiger partial charge on any atom is -0.481 e. The van der Waals surface area contributed by atoms with Gasteiger partial charge in [0, 0.05) is 13.6 Å². The van der Waals surface area contributed by atoms with E-state index < -0.39 is 23.7 Å². The van der Waals surface area contributed by atoms with E-state index in [4.69, 9.17) is 4.74 Å². The van der Waals surface area contributed by atoms with Gasteiger partial charge in [0.15, 0.2) is 0 Å². The molecule has 1 saturated heterocycles. The molecule has 1 aromatic heterocycles. The van der Waals surface area contributed by atoms with Crippen molar-refractivity contribution in [3.8, 4) is 5.88 Å². The van der Waals surface area contributed by atoms with Gasteiger partial charge in [-0.15, -0.1) is 0 Å². The topological polar surface area (TPSA) is 59.4 Å². The summed E-state index contributed by atoms with van der Waals surface area (Å²) in [5, 5.41) is 7.04. The lowest BCUT2D eigenvalue weighted by Gasteiger charge is -2.36. The van der Waals surface area contributed by atoms with E-state index in [1.807, 2.05) is 6.92 Å². The maximum atomic E-state index is 13.2. The molecule has 1 atom stereocenters. The number of carbonyl (C=O) groups is 1. The van der Waals surface area contributed by atoms with Crippen LogP contribution in [-0.2, 0) is 20.0 Å². The highest BCUT2D eigenvalue weighted by atomic mass is 19.4. The van der Waals surface area contributed by atoms with E-state index in [2.05, 4.69) is 10.4 Å². The fourth-order valence-electron chi connectivity index (χ4n) is 3.60. The van der Waals surface area contributed by atoms with Crippen molar-refractivity contribution in [2.45, 2.75) is 51.9 Å². The number of nitrogens with one attached hydrogen (secondary N) is 1. The molecule has 2 heterocycles. The average Bonchev–Trinajstić information content (AvgIpc) is 2.99. The van der Waals surface area contributed by atoms with Crippen molar-refractivity contribution in [1.82, 2.24) is 20.0 Å². The Morgan fingerprint density at radius 2 is 2.08 bits per heavy atom. The number of urea groups is 1. The van der Waals surface area contributed by atoms with Crippen LogP contribution in [-0.4, -0.2) is 46.1 Å². The molecular formula is C16H25F3N4O2. The van der Waals surface area contributed by atoms with E-state index in [1.165, 1.54) is 25.9 Å². The van der Waals surface area contributed by atoms with Gasteiger partial charge < -0.3 is 15.0 Å². The standard InChI is InChI=1S/C16H25F3N4O2/c1-6-11-10(13(25-5)22(4)21-11)9-20-14(24)23-8-7-12(15(23,2)3)16(17,18)19/h12H,6-9H2,1-5H3,(H,20,24). The molecule has 142 valence electrons. The summed E-state index contributed by atoms with van der Waals surface area (Å²) in [5.74, 6) is -0.990. The molecule has 0 aromatic carbocycles. The van der Waals surface area contributed by atoms with Crippen LogP contribution in [0.4, 0.5) is 18.0 Å². The molecule has 1 fully saturated rings. The molecule has 1 aliphatic rings. The van der Waals surface area contributed by atoms with E-state index in [9.17, 15) is 18.0 Å². The number of likely N-dealkylation sites (tertiary alicyclic amines) is 1. The molecule has 25 heavy (non-hydrogen) atoms. The second-order valence-corrected chi connectivity index (χ2v) is 6.76. The second-order valence-electron chi connectivity index (χ2n) is 6.76. The number of halogens is 3. The zero-order valence-electron chi connectivity index (χ0n) is 15.2. The number of alkyl halides is 3. The van der Waals surface area contributed by atoms with Crippen molar-refractivity contribution in [3.63, 3.8) is 0 Å². The van der Waals surface area contributed by atoms with Crippen LogP contribution in [0.5, 0.6) is 5.88 Å². The fourth-order valence-corrected chi connectivity index (χ4v) is 3.60. The van der Waals surface area contributed by atoms with E-state index in [0.29, 0.717) is 12.3 Å². The Labute approximate surface area is 145 Å². The molecule has 2 rings (SSSR count). The summed E-state index contributed by atoms with van der Waals surface area (Å²) in [5.41, 5.74) is 0.244. The first kappa shape index (κ1) is 19.4. The molecule has 0 aliphatic carbocycles. The van der Waals surface area contributed by atoms with Gasteiger partial charge in [-0.2, -0.15) is 18.3 Å². The number of hydrogen-bond donors (Lipinski definition) is 1. The number of nitrogens with zero attached hydrogens (tertiary/aromatic N) is 3. The maximum Gasteiger partial charge on any atom is 0.394 e. The quantitative estimate of drug-likeness (QED) is 0.896. The lowest BCUT2D eigenvalue weighted by molar-refractivity contribution is -0.189. The second kappa shape index (κ2) is 6.76. The summed E-state index contributed by atoms with van der Waals surface area (Å²) < 4.78 is 46.4. The van der Waals surface area contributed by atoms with Crippen LogP contribution >= 0.6 is 0 Å². The normalized spacial score (nSPS) is 20.0. The number of aromatic nitrogens is 2. The van der Waals surface area contributed by atoms with Gasteiger partial charge in [-0.05, 0) is 26.7 Å². The Balaban J connectivity index is 2.12. The molecule has 1 unspecified atom stereocenters. The number of rotatable bonds is 4. The van der Waals surface area contributed by atoms with Crippen molar-refractivity contribution < 1.29 is 22.7 Å². The highest BCUT2D eigenvalue weighted by Crippen LogP contribution is 2.44. The number of ether oxygens (including phenoxy) is 1. The van der Waals surface area contributed by atoms with Crippen LogP contribution in [0.15, 0.2) is 0 Å². The van der Waals surface area contributed by atoms with Crippen molar-refractivity contribution in [2.75, 3.05) is 13.7 Å². The van der Waals surface area contributed by atoms with Crippen LogP contribution in [0.2, 0.25) is 0 Å². The van der Waals surface area contributed by atoms with Crippen molar-refractivity contribution in [2.24, 2.45) is 13.0 Å². The predicted molar refractivity (Wildman–Crippen MR) is 86.3 cm³/mol. The summed E-state index contributed by atoms with van der Waals surface area (Å²) in [7, 11) is 3.25. The van der Waals surface area contributed by atoms with E-state index in [0.717, 1.165) is 11.3 Å². The Morgan fingerprint density at radius 1 is 1.44 bits per heavy atom. The summed E-state index contributed by atoms with van der Waals surface area (Å²) >= 11 is 0. The highest BCUT2D eigenvalue weighted by Gasteiger charge is 2.56. The molecule has 0 spiro atoms. The molecule has 6 nitrogen and oxygen atoms in total. The first-order chi connectivity index (χ1) is 11.5. The van der Waals surface area contributed by atoms with Crippen molar-refractivity contribution >= 4 is 6.03 Å². The van der Waals surface area contributed by atoms with Crippen LogP contribution in [0, 0.1) is 5.92 Å². The van der Waals surface area contributed by atoms with E-state index >= 15 is 0 Å². The number of aryl methyl sites for hydroxylation is 2. The summed E-state index contributed by atoms with van der Waals surface area (Å²) in [6.07, 6.45) is -3.74. The minimum atomic E-state index is -4.32. The third kappa shape index (κ3) is 3.55. The zero-order valence-corrected chi connectivity index (χ0v) is 15.2. The third-order valence-corrected chi connectivity index (χ3v) is 4.95. The third-order valence-electron chi connectivity index (χ3n) is 4.95. The van der Waals surface area contributed by atoms with Gasteiger partial charge in [-0.25, -0.2) is 9.48 Å². The molecule has 0 saturated carbocycles. The SMILES string of the molecule is CCc1nn(C)c(OC)c1CNC(=O)N1CCC(C(F)(F)F)C1(C)C. The van der Waals surface area contributed by atoms with Gasteiger partial charge in [0.2, 0.25) is 5.88 Å². The van der Waals surface area contributed by atoms with Gasteiger partial charge in [-0.3, -0.25) is 0 Å². The molecule has 0 bridgehead atoms. The lowest BCUT2D eigenvalue weighted by Crippen LogP contribution is -2.52. The predicted octanol–water partition coefficient (Wildman–Crippen LogP) is 2.86. The number of amides is 2. The minimum absolute atomic E-state index is 0.0772. The van der Waals surface area contributed by atoms with Gasteiger partial charge >= 0.3 is 12.2 Å². The average molecular weight is 362 g/mol. The van der Waals surface area contributed by atoms with Crippen LogP contribution in [0.1, 0.15) is 38.4 Å². The number of methoxy groups -OCH3 is 1. The molecule has 1 aromatic rings. The molecule has 1 N–H and O–H groups in total. The molecule has 0 radical (unpaired) electrons. The van der Waals surface area contributed by atoms with E-state index in [1.54, 1.807) is 11.7 Å². The van der Waals surface area contributed by atoms with Crippen LogP contribution in [0.3, 0.4) is 0 Å². The van der Waals surface area contributed by atoms with Crippen LogP contribution < -0.4 is 10.1 Å². The summed E-state index contributed by atoms with van der Waals surface area (Å²) in [6, 6.07) is -0.510. The van der Waals surface area contributed by atoms with Gasteiger partial charge in [0.25, 0.3) is 0 Å². The first-order valence-corrected chi connectivity index (χ1v) is 8.24. The smallest absolute Gasteiger partial charge is 0.394 e. The zero-order chi connectivity index (χ0) is 19.0. The first-order valence-electron chi connectivity index (χ1n) is 8.24. The van der Waals surface area contributed by atoms with Gasteiger partial charge in [0.05, 0.1) is 36.4 Å². The number of carbonyl (C=O) groups excluding carboxylic acids is 1. The van der Waals surface area contributed by atoms with E-state index in [-0.39, 0.29) is 19.5 Å². The van der Waals surface area contributed by atoms with Crippen LogP contribution in [0.25, 0.3) is 0 Å². The van der Waals surface area contributed by atoms with Crippen molar-refractivity contribution in [3.05, 3.63) is 11.3 Å². The Hall–Kier alpha value is -1.93. The summed E-state index contributed by atoms with van der Waals surface area (Å²) in [4.78, 5) is 13.8.